The van der Waals surface area contributed by atoms with E-state index in [9.17, 15) is 10.2 Å². The van der Waals surface area contributed by atoms with E-state index in [2.05, 4.69) is 32.2 Å². The SMILES string of the molecule is C=CCOc1ccc2c(c1)C1C(CCCCO)C(CCCCO)C=C3C(=NOC(C)(C)C)CC(N(Cc4ccc5c(c4)OCO5)C(=O)OCCCCCCCCCCCC)C(OCC=C)(O2)C31. The number of ether oxygens (including phenoxy) is 6. The third-order valence-electron chi connectivity index (χ3n) is 13.6. The largest absolute Gasteiger partial charge is 0.490 e. The van der Waals surface area contributed by atoms with Crippen molar-refractivity contribution in [1.82, 2.24) is 4.90 Å². The molecule has 1 amide bonds. The van der Waals surface area contributed by atoms with Crippen LogP contribution in [0.25, 0.3) is 0 Å². The fraction of sp³-hybridized carbons (Fsp3) is 0.636. The molecule has 6 unspecified atom stereocenters. The van der Waals surface area contributed by atoms with Gasteiger partial charge in [0.05, 0.1) is 24.8 Å². The maximum Gasteiger partial charge on any atom is 0.410 e. The van der Waals surface area contributed by atoms with E-state index in [4.69, 9.17) is 38.4 Å². The van der Waals surface area contributed by atoms with E-state index in [0.717, 1.165) is 67.4 Å². The Labute approximate surface area is 400 Å². The van der Waals surface area contributed by atoms with E-state index in [-0.39, 0.29) is 63.9 Å². The molecule has 6 atom stereocenters. The number of hydrogen-bond donors (Lipinski definition) is 2. The molecule has 370 valence electrons. The Bertz CT molecular complexity index is 1960. The Morgan fingerprint density at radius 1 is 0.851 bits per heavy atom. The van der Waals surface area contributed by atoms with Crippen LogP contribution in [0.4, 0.5) is 4.79 Å². The highest BCUT2D eigenvalue weighted by molar-refractivity contribution is 6.03. The van der Waals surface area contributed by atoms with E-state index < -0.39 is 29.4 Å². The zero-order valence-corrected chi connectivity index (χ0v) is 41.0. The average molecular weight is 929 g/mol. The van der Waals surface area contributed by atoms with E-state index in [1.165, 1.54) is 44.9 Å². The van der Waals surface area contributed by atoms with Crippen molar-refractivity contribution in [2.45, 2.75) is 167 Å². The minimum absolute atomic E-state index is 0.0668. The highest BCUT2D eigenvalue weighted by Crippen LogP contribution is 2.62. The van der Waals surface area contributed by atoms with Crippen molar-refractivity contribution >= 4 is 11.8 Å². The lowest BCUT2D eigenvalue weighted by Gasteiger charge is -2.60. The lowest BCUT2D eigenvalue weighted by atomic mass is 9.55. The molecule has 0 saturated heterocycles. The lowest BCUT2D eigenvalue weighted by Crippen LogP contribution is -2.70. The Morgan fingerprint density at radius 3 is 2.24 bits per heavy atom. The number of allylic oxidation sites excluding steroid dienone is 1. The maximum atomic E-state index is 15.1. The normalized spacial score (nSPS) is 23.1. The highest BCUT2D eigenvalue weighted by atomic mass is 16.7. The van der Waals surface area contributed by atoms with Gasteiger partial charge in [-0.15, -0.1) is 6.58 Å². The number of benzene rings is 2. The summed E-state index contributed by atoms with van der Waals surface area (Å²) in [5.74, 6) is 0.657. The molecular formula is C55H80N2O10. The summed E-state index contributed by atoms with van der Waals surface area (Å²) in [6.45, 7) is 17.4. The third kappa shape index (κ3) is 13.6. The first-order valence-corrected chi connectivity index (χ1v) is 25.4. The highest BCUT2D eigenvalue weighted by Gasteiger charge is 2.66. The summed E-state index contributed by atoms with van der Waals surface area (Å²) in [5.41, 5.74) is 2.89. The Balaban J connectivity index is 1.46. The molecule has 6 rings (SSSR count). The van der Waals surface area contributed by atoms with Gasteiger partial charge in [0.25, 0.3) is 0 Å². The number of carbonyl (C=O) groups excluding carboxylic acids is 1. The van der Waals surface area contributed by atoms with Gasteiger partial charge in [0.15, 0.2) is 11.5 Å². The first-order valence-electron chi connectivity index (χ1n) is 25.4. The van der Waals surface area contributed by atoms with E-state index in [1.807, 2.05) is 51.1 Å². The summed E-state index contributed by atoms with van der Waals surface area (Å²) >= 11 is 0. The molecular weight excluding hydrogens is 849 g/mol. The minimum atomic E-state index is -1.44. The maximum absolute atomic E-state index is 15.1. The second-order valence-corrected chi connectivity index (χ2v) is 19.7. The van der Waals surface area contributed by atoms with Crippen LogP contribution in [0.1, 0.15) is 154 Å². The molecule has 0 bridgehead atoms. The number of aliphatic hydroxyl groups excluding tert-OH is 2. The molecule has 2 N–H and O–H groups in total. The van der Waals surface area contributed by atoms with Gasteiger partial charge in [-0.25, -0.2) is 4.79 Å². The van der Waals surface area contributed by atoms with Gasteiger partial charge in [-0.2, -0.15) is 0 Å². The molecule has 2 aromatic carbocycles. The predicted octanol–water partition coefficient (Wildman–Crippen LogP) is 12.0. The van der Waals surface area contributed by atoms with Crippen molar-refractivity contribution in [3.8, 4) is 23.0 Å². The second-order valence-electron chi connectivity index (χ2n) is 19.7. The smallest absolute Gasteiger partial charge is 0.410 e. The number of hydrogen-bond acceptors (Lipinski definition) is 11. The number of carbonyl (C=O) groups is 1. The van der Waals surface area contributed by atoms with Crippen LogP contribution in [0.15, 0.2) is 78.5 Å². The van der Waals surface area contributed by atoms with Crippen LogP contribution < -0.4 is 18.9 Å². The molecule has 1 fully saturated rings. The fourth-order valence-corrected chi connectivity index (χ4v) is 10.5. The van der Waals surface area contributed by atoms with Crippen molar-refractivity contribution < 1.29 is 48.3 Å². The van der Waals surface area contributed by atoms with Crippen LogP contribution >= 0.6 is 0 Å². The first kappa shape index (κ1) is 51.9. The molecule has 67 heavy (non-hydrogen) atoms. The van der Waals surface area contributed by atoms with Gasteiger partial charge < -0.3 is 43.5 Å². The summed E-state index contributed by atoms with van der Waals surface area (Å²) in [5, 5.41) is 25.0. The molecule has 0 aromatic heterocycles. The number of aliphatic hydroxyl groups is 2. The Morgan fingerprint density at radius 2 is 1.54 bits per heavy atom. The van der Waals surface area contributed by atoms with Crippen molar-refractivity contribution in [3.63, 3.8) is 0 Å². The number of unbranched alkanes of at least 4 members (excludes halogenated alkanes) is 11. The van der Waals surface area contributed by atoms with Gasteiger partial charge in [-0.05, 0) is 106 Å². The monoisotopic (exact) mass is 929 g/mol. The molecule has 12 heteroatoms. The van der Waals surface area contributed by atoms with Gasteiger partial charge in [0.1, 0.15) is 29.7 Å². The molecule has 2 aromatic rings. The minimum Gasteiger partial charge on any atom is -0.490 e. The van der Waals surface area contributed by atoms with Gasteiger partial charge in [0.2, 0.25) is 12.6 Å². The Kier molecular flexibility index (Phi) is 19.9. The van der Waals surface area contributed by atoms with Crippen LogP contribution in [0.3, 0.4) is 0 Å². The number of oxime groups is 1. The van der Waals surface area contributed by atoms with Crippen LogP contribution in [0, 0.1) is 17.8 Å². The molecule has 2 heterocycles. The summed E-state index contributed by atoms with van der Waals surface area (Å²) in [6.07, 6.45) is 22.0. The fourth-order valence-electron chi connectivity index (χ4n) is 10.5. The van der Waals surface area contributed by atoms with E-state index in [1.54, 1.807) is 17.1 Å². The summed E-state index contributed by atoms with van der Waals surface area (Å²) in [7, 11) is 0. The Hall–Kier alpha value is -4.52. The third-order valence-corrected chi connectivity index (χ3v) is 13.6. The quantitative estimate of drug-likeness (QED) is 0.0461. The summed E-state index contributed by atoms with van der Waals surface area (Å²) in [6, 6.07) is 11.0. The molecule has 2 aliphatic heterocycles. The molecule has 12 nitrogen and oxygen atoms in total. The van der Waals surface area contributed by atoms with Crippen molar-refractivity contribution in [1.29, 1.82) is 0 Å². The molecule has 0 spiro atoms. The summed E-state index contributed by atoms with van der Waals surface area (Å²) in [4.78, 5) is 23.2. The van der Waals surface area contributed by atoms with Crippen molar-refractivity contribution in [3.05, 3.63) is 84.5 Å². The number of nitrogens with zero attached hydrogens (tertiary/aromatic N) is 2. The van der Waals surface area contributed by atoms with Crippen LogP contribution in [0.2, 0.25) is 0 Å². The zero-order valence-electron chi connectivity index (χ0n) is 41.0. The summed E-state index contributed by atoms with van der Waals surface area (Å²) < 4.78 is 38.6. The second kappa shape index (κ2) is 25.7. The molecule has 0 radical (unpaired) electrons. The standard InChI is InChI=1S/C55H80N2O10/c1-7-10-11-12-13-14-15-16-17-22-33-62-53(60)57(38-40-25-27-48-49(34-40)64-39-63-48)50-37-46(56-67-54(4,5)6)44-35-41(23-18-20-29-58)43(24-19-21-30-59)51-45-36-42(61-31-8-2)26-28-47(45)66-55(50,52(44)51)65-32-9-3/h8-9,25-28,34-36,41,43,50-52,58-59H,2-3,7,10-24,29-33,37-39H2,1,4-6H3. The predicted molar refractivity (Wildman–Crippen MR) is 263 cm³/mol. The molecule has 4 aliphatic rings. The average Bonchev–Trinajstić information content (AvgIpc) is 3.79. The topological polar surface area (TPSA) is 138 Å². The number of rotatable bonds is 29. The van der Waals surface area contributed by atoms with E-state index in [0.29, 0.717) is 42.4 Å². The number of amides is 1. The number of fused-ring (bicyclic) bond motifs is 3. The molecule has 1 saturated carbocycles. The first-order chi connectivity index (χ1) is 32.6. The van der Waals surface area contributed by atoms with Crippen LogP contribution in [-0.4, -0.2) is 84.2 Å². The van der Waals surface area contributed by atoms with Gasteiger partial charge in [0, 0.05) is 37.7 Å². The van der Waals surface area contributed by atoms with E-state index >= 15 is 4.79 Å². The zero-order chi connectivity index (χ0) is 47.7. The van der Waals surface area contributed by atoms with Gasteiger partial charge in [-0.1, -0.05) is 114 Å². The van der Waals surface area contributed by atoms with Crippen molar-refractivity contribution in [2.75, 3.05) is 39.8 Å². The van der Waals surface area contributed by atoms with Crippen LogP contribution in [0.5, 0.6) is 23.0 Å². The van der Waals surface area contributed by atoms with Gasteiger partial charge in [-0.3, -0.25) is 4.90 Å². The van der Waals surface area contributed by atoms with Crippen LogP contribution in [-0.2, 0) is 20.9 Å². The molecule has 2 aliphatic carbocycles. The van der Waals surface area contributed by atoms with Gasteiger partial charge >= 0.3 is 6.09 Å². The van der Waals surface area contributed by atoms with Crippen molar-refractivity contribution in [2.24, 2.45) is 22.9 Å². The lowest BCUT2D eigenvalue weighted by molar-refractivity contribution is -0.256.